The molecule has 0 unspecified atom stereocenters. The van der Waals surface area contributed by atoms with Crippen molar-refractivity contribution in [3.8, 4) is 0 Å². The second kappa shape index (κ2) is 4.20. The van der Waals surface area contributed by atoms with Gasteiger partial charge in [0.2, 0.25) is 0 Å². The third kappa shape index (κ3) is 1.65. The van der Waals surface area contributed by atoms with E-state index >= 15 is 0 Å². The monoisotopic (exact) mass is 354 g/mol. The fourth-order valence-corrected chi connectivity index (χ4v) is 3.50. The zero-order chi connectivity index (χ0) is 12.8. The molecule has 4 aromatic carbocycles. The summed E-state index contributed by atoms with van der Waals surface area (Å²) < 4.78 is 1.31. The predicted octanol–water partition coefficient (Wildman–Crippen LogP) is 5.75. The molecule has 19 heavy (non-hydrogen) atoms. The van der Waals surface area contributed by atoms with E-state index in [1.54, 1.807) is 0 Å². The van der Waals surface area contributed by atoms with E-state index in [4.69, 9.17) is 0 Å². The summed E-state index contributed by atoms with van der Waals surface area (Å²) in [5.74, 6) is 0. The van der Waals surface area contributed by atoms with Crippen LogP contribution in [0.2, 0.25) is 0 Å². The second-order valence-corrected chi connectivity index (χ2v) is 5.94. The first-order chi connectivity index (χ1) is 9.34. The van der Waals surface area contributed by atoms with Gasteiger partial charge in [0.15, 0.2) is 0 Å². The molecule has 0 saturated carbocycles. The minimum Gasteiger partial charge on any atom is -0.0616 e. The first kappa shape index (κ1) is 11.2. The van der Waals surface area contributed by atoms with Crippen LogP contribution >= 0.6 is 22.6 Å². The Labute approximate surface area is 125 Å². The van der Waals surface area contributed by atoms with Crippen LogP contribution in [0.4, 0.5) is 0 Å². The maximum atomic E-state index is 2.41. The van der Waals surface area contributed by atoms with Crippen LogP contribution in [0.25, 0.3) is 32.3 Å². The van der Waals surface area contributed by atoms with Crippen molar-refractivity contribution >= 4 is 54.9 Å². The normalized spacial score (nSPS) is 11.4. The number of halogens is 1. The molecule has 0 spiro atoms. The molecule has 1 heteroatoms. The topological polar surface area (TPSA) is 0 Å². The number of fused-ring (bicyclic) bond motifs is 5. The van der Waals surface area contributed by atoms with E-state index in [9.17, 15) is 0 Å². The number of hydrogen-bond acceptors (Lipinski definition) is 0. The summed E-state index contributed by atoms with van der Waals surface area (Å²) in [6.45, 7) is 0. The largest absolute Gasteiger partial charge is 0.0616 e. The molecule has 0 aromatic heterocycles. The van der Waals surface area contributed by atoms with Crippen LogP contribution in [0.5, 0.6) is 0 Å². The van der Waals surface area contributed by atoms with Crippen molar-refractivity contribution < 1.29 is 0 Å². The van der Waals surface area contributed by atoms with E-state index in [2.05, 4.69) is 89.3 Å². The fraction of sp³-hybridized carbons (Fsp3) is 0. The molecule has 90 valence electrons. The molecule has 0 nitrogen and oxygen atoms in total. The summed E-state index contributed by atoms with van der Waals surface area (Å²) in [7, 11) is 0. The highest BCUT2D eigenvalue weighted by Gasteiger charge is 2.05. The molecule has 0 atom stereocenters. The van der Waals surface area contributed by atoms with Crippen LogP contribution in [0, 0.1) is 3.57 Å². The van der Waals surface area contributed by atoms with Crippen molar-refractivity contribution in [2.24, 2.45) is 0 Å². The third-order valence-electron chi connectivity index (χ3n) is 3.73. The molecule has 0 aliphatic rings. The standard InChI is InChI=1S/C18H11I/c19-18-7-3-6-14-16-9-8-12-4-1-2-5-13(12)15(16)10-11-17(14)18/h1-11H. The lowest BCUT2D eigenvalue weighted by atomic mass is 9.97. The van der Waals surface area contributed by atoms with Gasteiger partial charge in [-0.1, -0.05) is 60.7 Å². The van der Waals surface area contributed by atoms with E-state index in [0.29, 0.717) is 0 Å². The van der Waals surface area contributed by atoms with E-state index in [-0.39, 0.29) is 0 Å². The van der Waals surface area contributed by atoms with Crippen molar-refractivity contribution in [2.45, 2.75) is 0 Å². The summed E-state index contributed by atoms with van der Waals surface area (Å²) in [5, 5.41) is 8.00. The average molecular weight is 354 g/mol. The second-order valence-electron chi connectivity index (χ2n) is 4.78. The highest BCUT2D eigenvalue weighted by Crippen LogP contribution is 2.32. The van der Waals surface area contributed by atoms with Crippen molar-refractivity contribution in [3.63, 3.8) is 0 Å². The van der Waals surface area contributed by atoms with Crippen LogP contribution in [0.15, 0.2) is 66.7 Å². The van der Waals surface area contributed by atoms with Crippen molar-refractivity contribution in [1.29, 1.82) is 0 Å². The Bertz CT molecular complexity index is 922. The van der Waals surface area contributed by atoms with Crippen molar-refractivity contribution in [1.82, 2.24) is 0 Å². The van der Waals surface area contributed by atoms with Gasteiger partial charge in [0.1, 0.15) is 0 Å². The van der Waals surface area contributed by atoms with Gasteiger partial charge in [-0.25, -0.2) is 0 Å². The van der Waals surface area contributed by atoms with Crippen molar-refractivity contribution in [2.75, 3.05) is 0 Å². The highest BCUT2D eigenvalue weighted by atomic mass is 127. The Morgan fingerprint density at radius 3 is 2.05 bits per heavy atom. The molecule has 0 N–H and O–H groups in total. The number of rotatable bonds is 0. The molecule has 0 aliphatic carbocycles. The van der Waals surface area contributed by atoms with E-state index < -0.39 is 0 Å². The zero-order valence-corrected chi connectivity index (χ0v) is 12.4. The summed E-state index contributed by atoms with van der Waals surface area (Å²) in [5.41, 5.74) is 0. The summed E-state index contributed by atoms with van der Waals surface area (Å²) in [6, 6.07) is 24.1. The smallest absolute Gasteiger partial charge is 0.0209 e. The molecule has 0 amide bonds. The number of hydrogen-bond donors (Lipinski definition) is 0. The van der Waals surface area contributed by atoms with E-state index in [1.165, 1.54) is 35.9 Å². The lowest BCUT2D eigenvalue weighted by Crippen LogP contribution is -1.82. The first-order valence-corrected chi connectivity index (χ1v) is 7.41. The van der Waals surface area contributed by atoms with Gasteiger partial charge in [-0.15, -0.1) is 0 Å². The Morgan fingerprint density at radius 1 is 0.474 bits per heavy atom. The van der Waals surface area contributed by atoms with Gasteiger partial charge in [0, 0.05) is 3.57 Å². The van der Waals surface area contributed by atoms with Crippen LogP contribution in [0.1, 0.15) is 0 Å². The maximum absolute atomic E-state index is 2.41. The predicted molar refractivity (Wildman–Crippen MR) is 91.7 cm³/mol. The minimum absolute atomic E-state index is 1.31. The zero-order valence-electron chi connectivity index (χ0n) is 10.2. The molecular weight excluding hydrogens is 343 g/mol. The molecule has 4 rings (SSSR count). The Hall–Kier alpha value is -1.61. The maximum Gasteiger partial charge on any atom is 0.0209 e. The van der Waals surface area contributed by atoms with Gasteiger partial charge in [-0.05, 0) is 61.0 Å². The quantitative estimate of drug-likeness (QED) is 0.279. The summed E-state index contributed by atoms with van der Waals surface area (Å²) in [6.07, 6.45) is 0. The molecule has 0 heterocycles. The molecule has 4 aromatic rings. The van der Waals surface area contributed by atoms with Gasteiger partial charge < -0.3 is 0 Å². The van der Waals surface area contributed by atoms with Gasteiger partial charge >= 0.3 is 0 Å². The summed E-state index contributed by atoms with van der Waals surface area (Å²) >= 11 is 2.41. The Morgan fingerprint density at radius 2 is 1.11 bits per heavy atom. The molecule has 0 bridgehead atoms. The van der Waals surface area contributed by atoms with E-state index in [1.807, 2.05) is 0 Å². The SMILES string of the molecule is Ic1cccc2c1ccc1c3ccccc3ccc21. The molecule has 0 saturated heterocycles. The molecular formula is C18H11I. The molecule has 0 aliphatic heterocycles. The van der Waals surface area contributed by atoms with Gasteiger partial charge in [0.05, 0.1) is 0 Å². The van der Waals surface area contributed by atoms with E-state index in [0.717, 1.165) is 0 Å². The van der Waals surface area contributed by atoms with Gasteiger partial charge in [-0.2, -0.15) is 0 Å². The Kier molecular flexibility index (Phi) is 2.49. The lowest BCUT2D eigenvalue weighted by Gasteiger charge is -2.08. The summed E-state index contributed by atoms with van der Waals surface area (Å²) in [4.78, 5) is 0. The molecule has 0 fully saturated rings. The van der Waals surface area contributed by atoms with Crippen LogP contribution in [-0.2, 0) is 0 Å². The van der Waals surface area contributed by atoms with Crippen molar-refractivity contribution in [3.05, 3.63) is 70.3 Å². The third-order valence-corrected chi connectivity index (χ3v) is 4.67. The van der Waals surface area contributed by atoms with Crippen LogP contribution < -0.4 is 0 Å². The lowest BCUT2D eigenvalue weighted by molar-refractivity contribution is 1.73. The van der Waals surface area contributed by atoms with Gasteiger partial charge in [-0.3, -0.25) is 0 Å². The van der Waals surface area contributed by atoms with Crippen LogP contribution in [-0.4, -0.2) is 0 Å². The van der Waals surface area contributed by atoms with Crippen LogP contribution in [0.3, 0.4) is 0 Å². The number of benzene rings is 4. The van der Waals surface area contributed by atoms with Gasteiger partial charge in [0.25, 0.3) is 0 Å². The highest BCUT2D eigenvalue weighted by molar-refractivity contribution is 14.1. The first-order valence-electron chi connectivity index (χ1n) is 6.33. The Balaban J connectivity index is 2.29. The minimum atomic E-state index is 1.31. The molecule has 0 radical (unpaired) electrons. The average Bonchev–Trinajstić information content (AvgIpc) is 2.47. The fourth-order valence-electron chi connectivity index (χ4n) is 2.82.